The van der Waals surface area contributed by atoms with Crippen LogP contribution >= 0.6 is 0 Å². The Balaban J connectivity index is 1.55. The molecular weight excluding hydrogens is 310 g/mol. The fraction of sp³-hybridized carbons (Fsp3) is 0.600. The molecular formula is C15H23N7O2. The van der Waals surface area contributed by atoms with E-state index in [-0.39, 0.29) is 11.9 Å². The largest absolute Gasteiger partial charge is 0.383 e. The van der Waals surface area contributed by atoms with Crippen LogP contribution in [0.2, 0.25) is 0 Å². The molecule has 3 heterocycles. The summed E-state index contributed by atoms with van der Waals surface area (Å²) in [4.78, 5) is 16.3. The molecule has 0 radical (unpaired) electrons. The molecule has 0 aliphatic carbocycles. The van der Waals surface area contributed by atoms with Crippen LogP contribution in [0.1, 0.15) is 6.92 Å². The van der Waals surface area contributed by atoms with Gasteiger partial charge in [0.1, 0.15) is 12.1 Å². The summed E-state index contributed by atoms with van der Waals surface area (Å²) < 4.78 is 6.61. The van der Waals surface area contributed by atoms with Crippen molar-refractivity contribution in [1.29, 1.82) is 0 Å². The Morgan fingerprint density at radius 1 is 1.42 bits per heavy atom. The van der Waals surface area contributed by atoms with Crippen LogP contribution in [0, 0.1) is 0 Å². The standard InChI is InChI=1S/C15H23N7O2/c1-12-9-20(10-15(23)16-5-8-24-2)6-7-21(12)14-4-3-13-18-17-11-22(13)19-14/h3-4,11-12H,5-10H2,1-2H3,(H,16,23)/t12-/m0/s1. The summed E-state index contributed by atoms with van der Waals surface area (Å²) in [5, 5.41) is 15.2. The second-order valence-corrected chi connectivity index (χ2v) is 5.95. The number of ether oxygens (including phenoxy) is 1. The Morgan fingerprint density at radius 3 is 3.08 bits per heavy atom. The molecule has 0 bridgehead atoms. The summed E-state index contributed by atoms with van der Waals surface area (Å²) in [7, 11) is 1.62. The third-order valence-corrected chi connectivity index (χ3v) is 4.15. The minimum absolute atomic E-state index is 0.0386. The van der Waals surface area contributed by atoms with E-state index < -0.39 is 0 Å². The van der Waals surface area contributed by atoms with Crippen LogP contribution in [0.5, 0.6) is 0 Å². The summed E-state index contributed by atoms with van der Waals surface area (Å²) in [6, 6.07) is 4.15. The van der Waals surface area contributed by atoms with Gasteiger partial charge in [0.05, 0.1) is 13.2 Å². The van der Waals surface area contributed by atoms with E-state index in [1.54, 1.807) is 18.0 Å². The fourth-order valence-corrected chi connectivity index (χ4v) is 2.94. The van der Waals surface area contributed by atoms with Crippen molar-refractivity contribution in [3.63, 3.8) is 0 Å². The van der Waals surface area contributed by atoms with Gasteiger partial charge in [0.25, 0.3) is 0 Å². The number of fused-ring (bicyclic) bond motifs is 1. The van der Waals surface area contributed by atoms with E-state index in [2.05, 4.69) is 37.3 Å². The summed E-state index contributed by atoms with van der Waals surface area (Å²) in [6.45, 7) is 6.12. The molecule has 0 spiro atoms. The highest BCUT2D eigenvalue weighted by atomic mass is 16.5. The van der Waals surface area contributed by atoms with Crippen LogP contribution in [0.4, 0.5) is 5.82 Å². The summed E-state index contributed by atoms with van der Waals surface area (Å²) in [5.74, 6) is 0.940. The van der Waals surface area contributed by atoms with Gasteiger partial charge < -0.3 is 15.0 Å². The molecule has 2 aromatic heterocycles. The lowest BCUT2D eigenvalue weighted by atomic mass is 10.2. The summed E-state index contributed by atoms with van der Waals surface area (Å²) in [5.41, 5.74) is 0.734. The van der Waals surface area contributed by atoms with Gasteiger partial charge in [0.15, 0.2) is 5.65 Å². The lowest BCUT2D eigenvalue weighted by Crippen LogP contribution is -2.54. The number of rotatable bonds is 6. The second kappa shape index (κ2) is 7.54. The molecule has 1 fully saturated rings. The number of hydrogen-bond acceptors (Lipinski definition) is 7. The van der Waals surface area contributed by atoms with Crippen LogP contribution in [0.25, 0.3) is 5.65 Å². The minimum Gasteiger partial charge on any atom is -0.383 e. The van der Waals surface area contributed by atoms with E-state index in [9.17, 15) is 4.79 Å². The van der Waals surface area contributed by atoms with E-state index in [4.69, 9.17) is 4.74 Å². The monoisotopic (exact) mass is 333 g/mol. The first kappa shape index (κ1) is 16.6. The quantitative estimate of drug-likeness (QED) is 0.706. The predicted molar refractivity (Wildman–Crippen MR) is 88.9 cm³/mol. The molecule has 1 aliphatic rings. The number of anilines is 1. The summed E-state index contributed by atoms with van der Waals surface area (Å²) in [6.07, 6.45) is 1.60. The predicted octanol–water partition coefficient (Wildman–Crippen LogP) is -0.603. The Labute approximate surface area is 140 Å². The number of carbonyl (C=O) groups is 1. The number of amides is 1. The van der Waals surface area contributed by atoms with E-state index in [0.29, 0.717) is 19.7 Å². The first-order chi connectivity index (χ1) is 11.7. The van der Waals surface area contributed by atoms with E-state index in [1.807, 2.05) is 12.1 Å². The highest BCUT2D eigenvalue weighted by Gasteiger charge is 2.26. The Hall–Kier alpha value is -2.26. The molecule has 9 nitrogen and oxygen atoms in total. The Morgan fingerprint density at radius 2 is 2.29 bits per heavy atom. The van der Waals surface area contributed by atoms with Gasteiger partial charge in [-0.05, 0) is 19.1 Å². The first-order valence-corrected chi connectivity index (χ1v) is 8.09. The molecule has 0 aromatic carbocycles. The van der Waals surface area contributed by atoms with Crippen molar-refractivity contribution in [3.8, 4) is 0 Å². The number of nitrogens with one attached hydrogen (secondary N) is 1. The highest BCUT2D eigenvalue weighted by Crippen LogP contribution is 2.18. The SMILES string of the molecule is COCCNC(=O)CN1CCN(c2ccc3nncn3n2)[C@@H](C)C1. The third kappa shape index (κ3) is 3.80. The molecule has 130 valence electrons. The maximum Gasteiger partial charge on any atom is 0.234 e. The van der Waals surface area contributed by atoms with E-state index >= 15 is 0 Å². The number of piperazine rings is 1. The zero-order chi connectivity index (χ0) is 16.9. The average molecular weight is 333 g/mol. The molecule has 1 amide bonds. The topological polar surface area (TPSA) is 87.9 Å². The van der Waals surface area contributed by atoms with Gasteiger partial charge in [0, 0.05) is 39.3 Å². The molecule has 9 heteroatoms. The van der Waals surface area contributed by atoms with Gasteiger partial charge >= 0.3 is 0 Å². The van der Waals surface area contributed by atoms with Crippen molar-refractivity contribution in [3.05, 3.63) is 18.5 Å². The van der Waals surface area contributed by atoms with E-state index in [0.717, 1.165) is 31.1 Å². The van der Waals surface area contributed by atoms with E-state index in [1.165, 1.54) is 0 Å². The Bertz CT molecular complexity index is 689. The second-order valence-electron chi connectivity index (χ2n) is 5.95. The van der Waals surface area contributed by atoms with Gasteiger partial charge in [-0.1, -0.05) is 0 Å². The van der Waals surface area contributed by atoms with Gasteiger partial charge in [0.2, 0.25) is 5.91 Å². The number of methoxy groups -OCH3 is 1. The van der Waals surface area contributed by atoms with Gasteiger partial charge in [-0.15, -0.1) is 15.3 Å². The maximum absolute atomic E-state index is 11.9. The minimum atomic E-state index is 0.0386. The average Bonchev–Trinajstić information content (AvgIpc) is 3.03. The van der Waals surface area contributed by atoms with Crippen LogP contribution in [0.3, 0.4) is 0 Å². The number of carbonyl (C=O) groups excluding carboxylic acids is 1. The fourth-order valence-electron chi connectivity index (χ4n) is 2.94. The zero-order valence-corrected chi connectivity index (χ0v) is 14.1. The lowest BCUT2D eigenvalue weighted by Gasteiger charge is -2.40. The van der Waals surface area contributed by atoms with Crippen molar-refractivity contribution >= 4 is 17.4 Å². The highest BCUT2D eigenvalue weighted by molar-refractivity contribution is 5.78. The molecule has 1 atom stereocenters. The van der Waals surface area contributed by atoms with Gasteiger partial charge in [-0.25, -0.2) is 0 Å². The van der Waals surface area contributed by atoms with Crippen molar-refractivity contribution in [2.45, 2.75) is 13.0 Å². The number of hydrogen-bond donors (Lipinski definition) is 1. The third-order valence-electron chi connectivity index (χ3n) is 4.15. The number of aromatic nitrogens is 4. The first-order valence-electron chi connectivity index (χ1n) is 8.09. The van der Waals surface area contributed by atoms with Gasteiger partial charge in [-0.3, -0.25) is 9.69 Å². The maximum atomic E-state index is 11.9. The molecule has 3 rings (SSSR count). The van der Waals surface area contributed by atoms with Crippen LogP contribution in [-0.4, -0.2) is 83.1 Å². The normalized spacial score (nSPS) is 18.9. The molecule has 1 saturated heterocycles. The molecule has 1 aliphatic heterocycles. The zero-order valence-electron chi connectivity index (χ0n) is 14.1. The van der Waals surface area contributed by atoms with Crippen LogP contribution < -0.4 is 10.2 Å². The van der Waals surface area contributed by atoms with Crippen molar-refractivity contribution in [2.75, 3.05) is 51.3 Å². The van der Waals surface area contributed by atoms with Gasteiger partial charge in [-0.2, -0.15) is 4.52 Å². The van der Waals surface area contributed by atoms with Crippen molar-refractivity contribution in [1.82, 2.24) is 30.0 Å². The molecule has 1 N–H and O–H groups in total. The molecule has 24 heavy (non-hydrogen) atoms. The van der Waals surface area contributed by atoms with Crippen molar-refractivity contribution in [2.24, 2.45) is 0 Å². The summed E-state index contributed by atoms with van der Waals surface area (Å²) >= 11 is 0. The van der Waals surface area contributed by atoms with Crippen LogP contribution in [-0.2, 0) is 9.53 Å². The Kier molecular flexibility index (Phi) is 5.21. The molecule has 0 unspecified atom stereocenters. The smallest absolute Gasteiger partial charge is 0.234 e. The molecule has 0 saturated carbocycles. The van der Waals surface area contributed by atoms with Crippen LogP contribution in [0.15, 0.2) is 18.5 Å². The lowest BCUT2D eigenvalue weighted by molar-refractivity contribution is -0.122. The molecule has 2 aromatic rings. The van der Waals surface area contributed by atoms with Crippen molar-refractivity contribution < 1.29 is 9.53 Å². The number of nitrogens with zero attached hydrogens (tertiary/aromatic N) is 6.